The second-order valence-corrected chi connectivity index (χ2v) is 12.3. The maximum absolute atomic E-state index is 6.41. The standard InChI is InChI=1S/C24H34OS/c1-26(17-9-10-18-26)24-16-15-23(21-13-7-8-14-22(21)24)25-19-20-11-5-3-2-4-6-12-20/h7-8,13-16,20H,2-6,9-12,17-19H2,1H3. The van der Waals surface area contributed by atoms with E-state index < -0.39 is 10.0 Å². The lowest BCUT2D eigenvalue weighted by Gasteiger charge is -2.32. The van der Waals surface area contributed by atoms with E-state index in [2.05, 4.69) is 42.7 Å². The van der Waals surface area contributed by atoms with E-state index in [1.165, 1.54) is 80.1 Å². The van der Waals surface area contributed by atoms with E-state index in [1.54, 1.807) is 4.90 Å². The predicted molar refractivity (Wildman–Crippen MR) is 116 cm³/mol. The Kier molecular flexibility index (Phi) is 5.78. The molecular weight excluding hydrogens is 336 g/mol. The van der Waals surface area contributed by atoms with Crippen molar-refractivity contribution in [2.24, 2.45) is 5.92 Å². The summed E-state index contributed by atoms with van der Waals surface area (Å²) in [5.74, 6) is 4.65. The molecule has 2 aliphatic rings. The van der Waals surface area contributed by atoms with E-state index >= 15 is 0 Å². The molecule has 0 spiro atoms. The van der Waals surface area contributed by atoms with Gasteiger partial charge in [0.05, 0.1) is 6.61 Å². The van der Waals surface area contributed by atoms with Gasteiger partial charge in [0.15, 0.2) is 0 Å². The molecule has 1 heterocycles. The molecule has 0 atom stereocenters. The first-order valence-electron chi connectivity index (χ1n) is 10.6. The van der Waals surface area contributed by atoms with E-state index in [1.807, 2.05) is 0 Å². The van der Waals surface area contributed by atoms with Gasteiger partial charge in [-0.2, -0.15) is 0 Å². The third kappa shape index (κ3) is 3.91. The Bertz CT molecular complexity index is 724. The summed E-state index contributed by atoms with van der Waals surface area (Å²) in [5.41, 5.74) is 0. The number of fused-ring (bicyclic) bond motifs is 1. The van der Waals surface area contributed by atoms with Crippen molar-refractivity contribution in [1.82, 2.24) is 0 Å². The first kappa shape index (κ1) is 18.2. The molecule has 2 fully saturated rings. The summed E-state index contributed by atoms with van der Waals surface area (Å²) >= 11 is 0. The lowest BCUT2D eigenvalue weighted by atomic mass is 9.92. The van der Waals surface area contributed by atoms with Gasteiger partial charge in [0, 0.05) is 5.39 Å². The number of benzene rings is 2. The van der Waals surface area contributed by atoms with Crippen molar-refractivity contribution in [3.05, 3.63) is 36.4 Å². The van der Waals surface area contributed by atoms with Gasteiger partial charge >= 0.3 is 0 Å². The van der Waals surface area contributed by atoms with Crippen LogP contribution < -0.4 is 4.74 Å². The minimum atomic E-state index is -0.626. The molecule has 1 aliphatic carbocycles. The summed E-state index contributed by atoms with van der Waals surface area (Å²) in [7, 11) is -0.626. The molecule has 0 aromatic heterocycles. The van der Waals surface area contributed by atoms with Crippen LogP contribution in [0, 0.1) is 5.92 Å². The van der Waals surface area contributed by atoms with Crippen LogP contribution in [0.4, 0.5) is 0 Å². The highest BCUT2D eigenvalue weighted by atomic mass is 32.3. The SMILES string of the molecule is CS1(c2ccc(OCC3CCCCCCC3)c3ccccc23)CCCC1. The van der Waals surface area contributed by atoms with Crippen molar-refractivity contribution in [2.75, 3.05) is 24.4 Å². The molecule has 0 amide bonds. The fourth-order valence-corrected chi connectivity index (χ4v) is 8.31. The number of rotatable bonds is 4. The molecule has 0 bridgehead atoms. The van der Waals surface area contributed by atoms with Crippen LogP contribution in [0.15, 0.2) is 41.3 Å². The third-order valence-electron chi connectivity index (χ3n) is 6.51. The molecule has 1 aliphatic heterocycles. The van der Waals surface area contributed by atoms with Gasteiger partial charge in [-0.25, -0.2) is 10.0 Å². The van der Waals surface area contributed by atoms with Gasteiger partial charge in [-0.15, -0.1) is 0 Å². The van der Waals surface area contributed by atoms with E-state index in [-0.39, 0.29) is 0 Å². The lowest BCUT2D eigenvalue weighted by molar-refractivity contribution is 0.220. The topological polar surface area (TPSA) is 9.23 Å². The Morgan fingerprint density at radius 3 is 2.19 bits per heavy atom. The summed E-state index contributed by atoms with van der Waals surface area (Å²) < 4.78 is 6.41. The van der Waals surface area contributed by atoms with Crippen molar-refractivity contribution in [3.63, 3.8) is 0 Å². The molecule has 2 aromatic rings. The van der Waals surface area contributed by atoms with Gasteiger partial charge in [-0.1, -0.05) is 56.4 Å². The zero-order valence-corrected chi connectivity index (χ0v) is 17.2. The highest BCUT2D eigenvalue weighted by molar-refractivity contribution is 8.33. The molecule has 142 valence electrons. The van der Waals surface area contributed by atoms with Crippen LogP contribution in [-0.2, 0) is 0 Å². The van der Waals surface area contributed by atoms with Crippen LogP contribution >= 0.6 is 10.0 Å². The maximum atomic E-state index is 6.41. The zero-order chi connectivity index (χ0) is 17.8. The van der Waals surface area contributed by atoms with Crippen molar-refractivity contribution in [2.45, 2.75) is 62.7 Å². The van der Waals surface area contributed by atoms with Crippen LogP contribution in [0.1, 0.15) is 57.8 Å². The maximum Gasteiger partial charge on any atom is 0.127 e. The van der Waals surface area contributed by atoms with Gasteiger partial charge in [0.1, 0.15) is 5.75 Å². The van der Waals surface area contributed by atoms with Crippen LogP contribution in [0.5, 0.6) is 5.75 Å². The summed E-state index contributed by atoms with van der Waals surface area (Å²) in [4.78, 5) is 1.61. The second-order valence-electron chi connectivity index (χ2n) is 8.52. The van der Waals surface area contributed by atoms with E-state index in [9.17, 15) is 0 Å². The van der Waals surface area contributed by atoms with Gasteiger partial charge in [-0.05, 0) is 71.8 Å². The van der Waals surface area contributed by atoms with Gasteiger partial charge < -0.3 is 4.74 Å². The van der Waals surface area contributed by atoms with Gasteiger partial charge in [0.2, 0.25) is 0 Å². The number of ether oxygens (including phenoxy) is 1. The Labute approximate surface area is 160 Å². The summed E-state index contributed by atoms with van der Waals surface area (Å²) in [6.45, 7) is 0.896. The van der Waals surface area contributed by atoms with Crippen LogP contribution in [0.3, 0.4) is 0 Å². The zero-order valence-electron chi connectivity index (χ0n) is 16.3. The molecule has 2 aromatic carbocycles. The average molecular weight is 371 g/mol. The lowest BCUT2D eigenvalue weighted by Crippen LogP contribution is -2.14. The summed E-state index contributed by atoms with van der Waals surface area (Å²) in [6, 6.07) is 13.6. The van der Waals surface area contributed by atoms with E-state index in [0.717, 1.165) is 18.3 Å². The van der Waals surface area contributed by atoms with Crippen LogP contribution in [-0.4, -0.2) is 24.4 Å². The fourth-order valence-electron chi connectivity index (χ4n) is 4.88. The first-order chi connectivity index (χ1) is 12.8. The van der Waals surface area contributed by atoms with Gasteiger partial charge in [0.25, 0.3) is 0 Å². The Morgan fingerprint density at radius 1 is 0.808 bits per heavy atom. The second kappa shape index (κ2) is 8.25. The third-order valence-corrected chi connectivity index (χ3v) is 10.3. The molecule has 4 rings (SSSR count). The molecular formula is C24H34OS. The quantitative estimate of drug-likeness (QED) is 0.554. The summed E-state index contributed by atoms with van der Waals surface area (Å²) in [6.07, 6.45) is 15.1. The molecule has 1 saturated heterocycles. The minimum absolute atomic E-state index is 0.626. The molecule has 0 radical (unpaired) electrons. The first-order valence-corrected chi connectivity index (χ1v) is 13.0. The largest absolute Gasteiger partial charge is 0.493 e. The van der Waals surface area contributed by atoms with Crippen molar-refractivity contribution >= 4 is 20.8 Å². The van der Waals surface area contributed by atoms with Crippen molar-refractivity contribution in [3.8, 4) is 5.75 Å². The molecule has 0 unspecified atom stereocenters. The minimum Gasteiger partial charge on any atom is -0.493 e. The molecule has 0 N–H and O–H groups in total. The number of hydrogen-bond acceptors (Lipinski definition) is 1. The Balaban J connectivity index is 1.56. The van der Waals surface area contributed by atoms with Crippen molar-refractivity contribution in [1.29, 1.82) is 0 Å². The van der Waals surface area contributed by atoms with Crippen LogP contribution in [0.25, 0.3) is 10.8 Å². The Morgan fingerprint density at radius 2 is 1.46 bits per heavy atom. The highest BCUT2D eigenvalue weighted by Gasteiger charge is 2.27. The monoisotopic (exact) mass is 370 g/mol. The number of hydrogen-bond donors (Lipinski definition) is 0. The molecule has 1 nitrogen and oxygen atoms in total. The van der Waals surface area contributed by atoms with Gasteiger partial charge in [-0.3, -0.25) is 0 Å². The van der Waals surface area contributed by atoms with E-state index in [0.29, 0.717) is 0 Å². The van der Waals surface area contributed by atoms with Crippen molar-refractivity contribution < 1.29 is 4.74 Å². The van der Waals surface area contributed by atoms with E-state index in [4.69, 9.17) is 4.74 Å². The van der Waals surface area contributed by atoms with Crippen LogP contribution in [0.2, 0.25) is 0 Å². The predicted octanol–water partition coefficient (Wildman–Crippen LogP) is 7.17. The average Bonchev–Trinajstić information content (AvgIpc) is 3.08. The molecule has 1 saturated carbocycles. The molecule has 2 heteroatoms. The molecule has 26 heavy (non-hydrogen) atoms. The summed E-state index contributed by atoms with van der Waals surface area (Å²) in [5, 5.41) is 2.78. The smallest absolute Gasteiger partial charge is 0.127 e. The fraction of sp³-hybridized carbons (Fsp3) is 0.583. The Hall–Kier alpha value is -1.15. The normalized spacial score (nSPS) is 22.7. The highest BCUT2D eigenvalue weighted by Crippen LogP contribution is 2.59.